The second-order valence-electron chi connectivity index (χ2n) is 7.85. The summed E-state index contributed by atoms with van der Waals surface area (Å²) in [6.07, 6.45) is 6.86. The fraction of sp³-hybridized carbons (Fsp3) is 0.292. The van der Waals surface area contributed by atoms with E-state index in [1.54, 1.807) is 12.1 Å². The van der Waals surface area contributed by atoms with E-state index in [2.05, 4.69) is 30.4 Å². The van der Waals surface area contributed by atoms with E-state index in [1.165, 1.54) is 5.56 Å². The molecule has 0 atom stereocenters. The largest absolute Gasteiger partial charge is 0.508 e. The molecule has 0 saturated heterocycles. The van der Waals surface area contributed by atoms with Crippen LogP contribution < -0.4 is 0 Å². The van der Waals surface area contributed by atoms with E-state index in [4.69, 9.17) is 15.3 Å². The Hall–Kier alpha value is -2.73. The van der Waals surface area contributed by atoms with Crippen LogP contribution in [0.5, 0.6) is 5.75 Å². The van der Waals surface area contributed by atoms with Crippen LogP contribution in [0.2, 0.25) is 0 Å². The molecule has 0 spiro atoms. The molecule has 2 aromatic carbocycles. The minimum atomic E-state index is -2.74. The number of aryl methyl sites for hydroxylation is 2. The minimum absolute atomic E-state index is 0.0690. The summed E-state index contributed by atoms with van der Waals surface area (Å²) in [5.41, 5.74) is 7.20. The molecule has 0 aromatic heterocycles. The number of phenols is 1. The van der Waals surface area contributed by atoms with Gasteiger partial charge in [0.1, 0.15) is 11.5 Å². The maximum absolute atomic E-state index is 11.6. The Balaban J connectivity index is 1.51. The van der Waals surface area contributed by atoms with Crippen LogP contribution in [-0.2, 0) is 24.1 Å². The van der Waals surface area contributed by atoms with Gasteiger partial charge < -0.3 is 20.4 Å². The van der Waals surface area contributed by atoms with Crippen LogP contribution in [0.3, 0.4) is 0 Å². The van der Waals surface area contributed by atoms with Gasteiger partial charge in [-0.2, -0.15) is 0 Å². The van der Waals surface area contributed by atoms with Crippen molar-refractivity contribution in [1.29, 1.82) is 0 Å². The number of carbonyl (C=O) groups is 1. The number of aliphatic hydroxyl groups is 3. The maximum Gasteiger partial charge on any atom is 0.275 e. The van der Waals surface area contributed by atoms with Crippen LogP contribution in [0.1, 0.15) is 47.1 Å². The molecule has 0 bridgehead atoms. The van der Waals surface area contributed by atoms with Crippen molar-refractivity contribution in [3.05, 3.63) is 76.4 Å². The fourth-order valence-corrected chi connectivity index (χ4v) is 3.99. The van der Waals surface area contributed by atoms with Gasteiger partial charge in [-0.1, -0.05) is 42.5 Å². The molecule has 0 heterocycles. The number of ketones is 1. The van der Waals surface area contributed by atoms with Crippen LogP contribution >= 0.6 is 0 Å². The van der Waals surface area contributed by atoms with E-state index >= 15 is 0 Å². The number of fused-ring (bicyclic) bond motifs is 1. The molecule has 5 heteroatoms. The van der Waals surface area contributed by atoms with Gasteiger partial charge in [-0.3, -0.25) is 4.79 Å². The number of phenolic OH excluding ortho intramolecular Hbond substituents is 1. The van der Waals surface area contributed by atoms with Crippen LogP contribution in [0.15, 0.2) is 48.6 Å². The van der Waals surface area contributed by atoms with Gasteiger partial charge in [0.25, 0.3) is 5.97 Å². The van der Waals surface area contributed by atoms with Crippen LogP contribution in [0.25, 0.3) is 11.1 Å². The van der Waals surface area contributed by atoms with E-state index in [9.17, 15) is 9.90 Å². The first-order valence-corrected chi connectivity index (χ1v) is 9.82. The third-order valence-corrected chi connectivity index (χ3v) is 5.66. The van der Waals surface area contributed by atoms with Crippen LogP contribution in [-0.4, -0.2) is 32.2 Å². The molecular weight excluding hydrogens is 368 g/mol. The van der Waals surface area contributed by atoms with Crippen LogP contribution in [0, 0.1) is 0 Å². The van der Waals surface area contributed by atoms with Crippen molar-refractivity contribution in [2.75, 3.05) is 0 Å². The van der Waals surface area contributed by atoms with Crippen molar-refractivity contribution in [3.8, 4) is 5.75 Å². The molecule has 0 aliphatic heterocycles. The van der Waals surface area contributed by atoms with Crippen molar-refractivity contribution in [2.24, 2.45) is 0 Å². The lowest BCUT2D eigenvalue weighted by atomic mass is 9.88. The molecule has 0 saturated carbocycles. The first kappa shape index (κ1) is 19.6. The summed E-state index contributed by atoms with van der Waals surface area (Å²) in [6, 6.07) is 11.6. The van der Waals surface area contributed by atoms with E-state index < -0.39 is 5.97 Å². The molecule has 0 amide bonds. The SMILES string of the molecule is O=C1CCc2cc(C3=CCC(c4ccc(CCC(O)(O)O)c(O)c4)=C3)ccc2C1. The van der Waals surface area contributed by atoms with E-state index in [0.717, 1.165) is 40.7 Å². The van der Waals surface area contributed by atoms with Gasteiger partial charge in [-0.25, -0.2) is 0 Å². The van der Waals surface area contributed by atoms with Gasteiger partial charge in [0.05, 0.1) is 0 Å². The van der Waals surface area contributed by atoms with Gasteiger partial charge in [0.2, 0.25) is 0 Å². The first-order valence-electron chi connectivity index (χ1n) is 9.82. The Kier molecular flexibility index (Phi) is 5.13. The summed E-state index contributed by atoms with van der Waals surface area (Å²) < 4.78 is 0. The number of benzene rings is 2. The van der Waals surface area contributed by atoms with E-state index in [1.807, 2.05) is 6.07 Å². The molecule has 150 valence electrons. The zero-order valence-electron chi connectivity index (χ0n) is 16.1. The second kappa shape index (κ2) is 7.59. The van der Waals surface area contributed by atoms with E-state index in [0.29, 0.717) is 24.2 Å². The van der Waals surface area contributed by atoms with Crippen molar-refractivity contribution >= 4 is 16.9 Å². The third kappa shape index (κ3) is 4.48. The van der Waals surface area contributed by atoms with Crippen LogP contribution in [0.4, 0.5) is 0 Å². The number of hydrogen-bond acceptors (Lipinski definition) is 5. The number of hydrogen-bond donors (Lipinski definition) is 4. The predicted molar refractivity (Wildman–Crippen MR) is 110 cm³/mol. The van der Waals surface area contributed by atoms with Crippen molar-refractivity contribution in [2.45, 2.75) is 44.5 Å². The minimum Gasteiger partial charge on any atom is -0.508 e. The Labute approximate surface area is 169 Å². The first-order chi connectivity index (χ1) is 13.8. The number of Topliss-reactive ketones (excluding diaryl/α,β-unsaturated/α-hetero) is 1. The molecule has 2 aliphatic rings. The molecule has 2 aliphatic carbocycles. The highest BCUT2D eigenvalue weighted by Crippen LogP contribution is 2.35. The lowest BCUT2D eigenvalue weighted by Gasteiger charge is -2.16. The zero-order valence-corrected chi connectivity index (χ0v) is 16.1. The van der Waals surface area contributed by atoms with Gasteiger partial charge in [0, 0.05) is 19.3 Å². The average molecular weight is 392 g/mol. The standard InChI is InChI=1S/C24H24O5/c25-22-8-7-19-12-17(5-6-20(19)13-22)16-3-4-18(11-16)21-2-1-15(23(26)14-21)9-10-24(27,28)29/h1-3,5-6,11-12,14,26-29H,4,7-10,13H2. The smallest absolute Gasteiger partial charge is 0.275 e. The quantitative estimate of drug-likeness (QED) is 0.587. The topological polar surface area (TPSA) is 98.0 Å². The monoisotopic (exact) mass is 392 g/mol. The molecule has 4 N–H and O–H groups in total. The number of aromatic hydroxyl groups is 1. The number of allylic oxidation sites excluding steroid dienone is 4. The van der Waals surface area contributed by atoms with Crippen molar-refractivity contribution in [3.63, 3.8) is 0 Å². The lowest BCUT2D eigenvalue weighted by molar-refractivity contribution is -0.314. The summed E-state index contributed by atoms with van der Waals surface area (Å²) in [5, 5.41) is 37.3. The number of rotatable bonds is 5. The predicted octanol–water partition coefficient (Wildman–Crippen LogP) is 2.88. The summed E-state index contributed by atoms with van der Waals surface area (Å²) in [7, 11) is 0. The fourth-order valence-electron chi connectivity index (χ4n) is 3.99. The highest BCUT2D eigenvalue weighted by molar-refractivity contribution is 5.90. The Morgan fingerprint density at radius 1 is 0.931 bits per heavy atom. The lowest BCUT2D eigenvalue weighted by Crippen LogP contribution is -2.27. The highest BCUT2D eigenvalue weighted by Gasteiger charge is 2.20. The highest BCUT2D eigenvalue weighted by atomic mass is 16.7. The maximum atomic E-state index is 11.6. The third-order valence-electron chi connectivity index (χ3n) is 5.66. The molecule has 4 rings (SSSR count). The van der Waals surface area contributed by atoms with Gasteiger partial charge >= 0.3 is 0 Å². The average Bonchev–Trinajstić information content (AvgIpc) is 3.16. The van der Waals surface area contributed by atoms with Gasteiger partial charge in [-0.15, -0.1) is 0 Å². The Morgan fingerprint density at radius 2 is 1.72 bits per heavy atom. The Bertz CT molecular complexity index is 1020. The summed E-state index contributed by atoms with van der Waals surface area (Å²) >= 11 is 0. The number of carbonyl (C=O) groups excluding carboxylic acids is 1. The molecule has 0 unspecified atom stereocenters. The molecular formula is C24H24O5. The van der Waals surface area contributed by atoms with Crippen molar-refractivity contribution < 1.29 is 25.2 Å². The molecule has 0 radical (unpaired) electrons. The summed E-state index contributed by atoms with van der Waals surface area (Å²) in [5.74, 6) is -2.36. The van der Waals surface area contributed by atoms with Crippen molar-refractivity contribution in [1.82, 2.24) is 0 Å². The normalized spacial score (nSPS) is 16.4. The molecule has 0 fully saturated rings. The Morgan fingerprint density at radius 3 is 2.48 bits per heavy atom. The second-order valence-corrected chi connectivity index (χ2v) is 7.85. The van der Waals surface area contributed by atoms with E-state index in [-0.39, 0.29) is 18.6 Å². The zero-order chi connectivity index (χ0) is 20.6. The molecule has 5 nitrogen and oxygen atoms in total. The summed E-state index contributed by atoms with van der Waals surface area (Å²) in [4.78, 5) is 11.6. The summed E-state index contributed by atoms with van der Waals surface area (Å²) in [6.45, 7) is 0. The molecule has 2 aromatic rings. The van der Waals surface area contributed by atoms with Gasteiger partial charge in [0.15, 0.2) is 0 Å². The van der Waals surface area contributed by atoms with Gasteiger partial charge in [-0.05, 0) is 64.3 Å². The molecule has 29 heavy (non-hydrogen) atoms.